The fraction of sp³-hybridized carbons (Fsp3) is 0.500. The van der Waals surface area contributed by atoms with Crippen LogP contribution in [0.2, 0.25) is 5.02 Å². The minimum absolute atomic E-state index is 0.0566. The van der Waals surface area contributed by atoms with Gasteiger partial charge in [0.1, 0.15) is 17.8 Å². The van der Waals surface area contributed by atoms with Gasteiger partial charge in [-0.05, 0) is 37.0 Å². The van der Waals surface area contributed by atoms with Crippen LogP contribution in [0.4, 0.5) is 10.5 Å². The first-order valence-corrected chi connectivity index (χ1v) is 9.02. The second kappa shape index (κ2) is 7.15. The average Bonchev–Trinajstić information content (AvgIpc) is 2.83. The number of rotatable bonds is 4. The standard InChI is InChI=1S/C18H22ClN3O4/c1-11-5-3-4-8-18(11)16(24)22(17(25)21-18)10-15(23)20-12-6-7-14(26-2)13(19)9-12/h6-7,9,11H,3-5,8,10H2,1-2H3,(H,20,23)(H,21,25)/t11-,18+/m0/s1. The highest BCUT2D eigenvalue weighted by molar-refractivity contribution is 6.32. The van der Waals surface area contributed by atoms with Gasteiger partial charge in [-0.1, -0.05) is 31.4 Å². The van der Waals surface area contributed by atoms with E-state index in [0.717, 1.165) is 24.2 Å². The summed E-state index contributed by atoms with van der Waals surface area (Å²) < 4.78 is 5.06. The summed E-state index contributed by atoms with van der Waals surface area (Å²) in [5.41, 5.74) is -0.396. The molecule has 0 aromatic heterocycles. The monoisotopic (exact) mass is 379 g/mol. The van der Waals surface area contributed by atoms with E-state index in [2.05, 4.69) is 10.6 Å². The van der Waals surface area contributed by atoms with Crippen molar-refractivity contribution in [3.05, 3.63) is 23.2 Å². The van der Waals surface area contributed by atoms with E-state index in [1.165, 1.54) is 7.11 Å². The molecule has 1 saturated carbocycles. The molecule has 1 saturated heterocycles. The molecule has 3 rings (SSSR count). The molecule has 0 radical (unpaired) electrons. The third-order valence-corrected chi connectivity index (χ3v) is 5.53. The Morgan fingerprint density at radius 1 is 1.42 bits per heavy atom. The minimum Gasteiger partial charge on any atom is -0.495 e. The van der Waals surface area contributed by atoms with Crippen molar-refractivity contribution in [2.75, 3.05) is 19.0 Å². The van der Waals surface area contributed by atoms with Crippen molar-refractivity contribution in [3.8, 4) is 5.75 Å². The van der Waals surface area contributed by atoms with Gasteiger partial charge >= 0.3 is 6.03 Å². The fourth-order valence-electron chi connectivity index (χ4n) is 3.73. The first-order valence-electron chi connectivity index (χ1n) is 8.65. The Balaban J connectivity index is 1.68. The number of halogens is 1. The maximum atomic E-state index is 12.9. The third-order valence-electron chi connectivity index (χ3n) is 5.24. The van der Waals surface area contributed by atoms with Crippen LogP contribution >= 0.6 is 11.6 Å². The van der Waals surface area contributed by atoms with Crippen molar-refractivity contribution in [1.29, 1.82) is 0 Å². The smallest absolute Gasteiger partial charge is 0.325 e. The molecule has 1 aromatic carbocycles. The summed E-state index contributed by atoms with van der Waals surface area (Å²) in [6, 6.07) is 4.31. The molecular weight excluding hydrogens is 358 g/mol. The van der Waals surface area contributed by atoms with E-state index in [-0.39, 0.29) is 18.4 Å². The van der Waals surface area contributed by atoms with Crippen LogP contribution in [0.25, 0.3) is 0 Å². The van der Waals surface area contributed by atoms with Crippen LogP contribution in [-0.2, 0) is 9.59 Å². The fourth-order valence-corrected chi connectivity index (χ4v) is 3.98. The predicted molar refractivity (Wildman–Crippen MR) is 97.2 cm³/mol. The second-order valence-electron chi connectivity index (χ2n) is 6.84. The zero-order valence-electron chi connectivity index (χ0n) is 14.8. The molecule has 2 aliphatic rings. The topological polar surface area (TPSA) is 87.7 Å². The maximum absolute atomic E-state index is 12.9. The van der Waals surface area contributed by atoms with E-state index in [1.54, 1.807) is 18.2 Å². The van der Waals surface area contributed by atoms with E-state index in [4.69, 9.17) is 16.3 Å². The van der Waals surface area contributed by atoms with E-state index in [1.807, 2.05) is 6.92 Å². The number of ether oxygens (including phenoxy) is 1. The number of amides is 4. The summed E-state index contributed by atoms with van der Waals surface area (Å²) in [4.78, 5) is 38.5. The van der Waals surface area contributed by atoms with Crippen LogP contribution in [0.1, 0.15) is 32.6 Å². The van der Waals surface area contributed by atoms with E-state index in [9.17, 15) is 14.4 Å². The molecule has 7 nitrogen and oxygen atoms in total. The first-order chi connectivity index (χ1) is 12.4. The van der Waals surface area contributed by atoms with E-state index < -0.39 is 17.5 Å². The molecule has 26 heavy (non-hydrogen) atoms. The van der Waals surface area contributed by atoms with Crippen LogP contribution in [0.15, 0.2) is 18.2 Å². The van der Waals surface area contributed by atoms with Gasteiger partial charge in [-0.25, -0.2) is 4.79 Å². The van der Waals surface area contributed by atoms with Gasteiger partial charge in [-0.15, -0.1) is 0 Å². The number of nitrogens with zero attached hydrogens (tertiary/aromatic N) is 1. The molecule has 1 heterocycles. The molecule has 2 fully saturated rings. The van der Waals surface area contributed by atoms with Crippen molar-refractivity contribution in [2.24, 2.45) is 5.92 Å². The Morgan fingerprint density at radius 2 is 2.19 bits per heavy atom. The summed E-state index contributed by atoms with van der Waals surface area (Å²) >= 11 is 6.04. The number of hydrogen-bond donors (Lipinski definition) is 2. The number of anilines is 1. The summed E-state index contributed by atoms with van der Waals surface area (Å²) in [5.74, 6) is -0.221. The van der Waals surface area contributed by atoms with Gasteiger partial charge < -0.3 is 15.4 Å². The quantitative estimate of drug-likeness (QED) is 0.787. The molecule has 140 valence electrons. The van der Waals surface area contributed by atoms with Crippen LogP contribution < -0.4 is 15.4 Å². The van der Waals surface area contributed by atoms with Gasteiger partial charge in [0.25, 0.3) is 5.91 Å². The highest BCUT2D eigenvalue weighted by Crippen LogP contribution is 2.38. The minimum atomic E-state index is -0.862. The highest BCUT2D eigenvalue weighted by Gasteiger charge is 2.55. The third kappa shape index (κ3) is 3.23. The average molecular weight is 380 g/mol. The molecule has 1 aliphatic carbocycles. The molecule has 0 unspecified atom stereocenters. The van der Waals surface area contributed by atoms with Crippen molar-refractivity contribution in [3.63, 3.8) is 0 Å². The van der Waals surface area contributed by atoms with Crippen LogP contribution in [-0.4, -0.2) is 41.9 Å². The summed E-state index contributed by atoms with van der Waals surface area (Å²) in [5, 5.41) is 5.84. The SMILES string of the molecule is COc1ccc(NC(=O)CN2C(=O)N[C@@]3(CCCC[C@@H]3C)C2=O)cc1Cl. The van der Waals surface area contributed by atoms with Gasteiger partial charge in [-0.2, -0.15) is 0 Å². The molecule has 8 heteroatoms. The first kappa shape index (κ1) is 18.5. The normalized spacial score (nSPS) is 25.3. The number of imide groups is 1. The Morgan fingerprint density at radius 3 is 2.85 bits per heavy atom. The molecule has 4 amide bonds. The van der Waals surface area contributed by atoms with E-state index >= 15 is 0 Å². The lowest BCUT2D eigenvalue weighted by molar-refractivity contribution is -0.136. The van der Waals surface area contributed by atoms with Gasteiger partial charge in [0.15, 0.2) is 0 Å². The number of carbonyl (C=O) groups excluding carboxylic acids is 3. The Kier molecular flexibility index (Phi) is 5.09. The van der Waals surface area contributed by atoms with Crippen LogP contribution in [0.3, 0.4) is 0 Å². The van der Waals surface area contributed by atoms with Gasteiger partial charge in [0.2, 0.25) is 5.91 Å². The van der Waals surface area contributed by atoms with Gasteiger partial charge in [0, 0.05) is 5.69 Å². The van der Waals surface area contributed by atoms with Crippen LogP contribution in [0.5, 0.6) is 5.75 Å². The lowest BCUT2D eigenvalue weighted by Crippen LogP contribution is -2.54. The van der Waals surface area contributed by atoms with Crippen molar-refractivity contribution in [2.45, 2.75) is 38.1 Å². The predicted octanol–water partition coefficient (Wildman–Crippen LogP) is 2.79. The molecule has 0 bridgehead atoms. The molecule has 1 aromatic rings. The van der Waals surface area contributed by atoms with Crippen molar-refractivity contribution in [1.82, 2.24) is 10.2 Å². The molecule has 1 spiro atoms. The zero-order chi connectivity index (χ0) is 18.9. The summed E-state index contributed by atoms with van der Waals surface area (Å²) in [6.07, 6.45) is 3.44. The Labute approximate surface area is 157 Å². The van der Waals surface area contributed by atoms with Crippen molar-refractivity contribution >= 4 is 35.1 Å². The zero-order valence-corrected chi connectivity index (χ0v) is 15.6. The molecular formula is C18H22ClN3O4. The number of urea groups is 1. The van der Waals surface area contributed by atoms with E-state index in [0.29, 0.717) is 22.9 Å². The number of benzene rings is 1. The largest absolute Gasteiger partial charge is 0.495 e. The summed E-state index contributed by atoms with van der Waals surface area (Å²) in [6.45, 7) is 1.64. The molecule has 1 aliphatic heterocycles. The number of carbonyl (C=O) groups is 3. The van der Waals surface area contributed by atoms with Gasteiger partial charge in [0.05, 0.1) is 12.1 Å². The molecule has 2 N–H and O–H groups in total. The van der Waals surface area contributed by atoms with Crippen LogP contribution in [0, 0.1) is 5.92 Å². The Bertz CT molecular complexity index is 754. The highest BCUT2D eigenvalue weighted by atomic mass is 35.5. The van der Waals surface area contributed by atoms with Crippen molar-refractivity contribution < 1.29 is 19.1 Å². The lowest BCUT2D eigenvalue weighted by atomic mass is 9.73. The maximum Gasteiger partial charge on any atom is 0.325 e. The Hall–Kier alpha value is -2.28. The molecule has 2 atom stereocenters. The number of methoxy groups -OCH3 is 1. The second-order valence-corrected chi connectivity index (χ2v) is 7.24. The number of nitrogens with one attached hydrogen (secondary N) is 2. The lowest BCUT2D eigenvalue weighted by Gasteiger charge is -2.36. The summed E-state index contributed by atoms with van der Waals surface area (Å²) in [7, 11) is 1.50. The number of hydrogen-bond acceptors (Lipinski definition) is 4. The van der Waals surface area contributed by atoms with Gasteiger partial charge in [-0.3, -0.25) is 14.5 Å².